The second-order valence-electron chi connectivity index (χ2n) is 5.42. The lowest BCUT2D eigenvalue weighted by atomic mass is 9.94. The second-order valence-corrected chi connectivity index (χ2v) is 6.33. The van der Waals surface area contributed by atoms with Gasteiger partial charge in [0.2, 0.25) is 0 Å². The zero-order valence-corrected chi connectivity index (χ0v) is 12.5. The normalized spacial score (nSPS) is 27.8. The summed E-state index contributed by atoms with van der Waals surface area (Å²) < 4.78 is 14.8. The largest absolute Gasteiger partial charge is 0.350 e. The number of piperidine rings is 1. The molecule has 0 amide bonds. The number of aromatic nitrogens is 1. The van der Waals surface area contributed by atoms with Crippen molar-refractivity contribution in [1.29, 1.82) is 0 Å². The average molecular weight is 328 g/mol. The van der Waals surface area contributed by atoms with Crippen molar-refractivity contribution in [2.24, 2.45) is 0 Å². The van der Waals surface area contributed by atoms with Gasteiger partial charge in [-0.15, -0.1) is 0 Å². The van der Waals surface area contributed by atoms with Crippen molar-refractivity contribution in [1.82, 2.24) is 10.3 Å². The fourth-order valence-corrected chi connectivity index (χ4v) is 3.60. The third-order valence-corrected chi connectivity index (χ3v) is 4.61. The fourth-order valence-electron chi connectivity index (χ4n) is 3.30. The molecule has 3 nitrogen and oxygen atoms in total. The molecule has 0 aromatic carbocycles. The van der Waals surface area contributed by atoms with Gasteiger partial charge in [-0.05, 0) is 60.6 Å². The Labute approximate surface area is 121 Å². The highest BCUT2D eigenvalue weighted by atomic mass is 79.9. The van der Waals surface area contributed by atoms with E-state index < -0.39 is 0 Å². The predicted octanol–water partition coefficient (Wildman–Crippen LogP) is 3.09. The third-order valence-electron chi connectivity index (χ3n) is 4.17. The molecule has 0 aliphatic carbocycles. The zero-order chi connectivity index (χ0) is 13.2. The molecule has 0 saturated carbocycles. The van der Waals surface area contributed by atoms with Crippen LogP contribution in [0.1, 0.15) is 32.1 Å². The minimum Gasteiger partial charge on any atom is -0.350 e. The smallest absolute Gasteiger partial charge is 0.166 e. The number of nitrogens with one attached hydrogen (secondary N) is 1. The quantitative estimate of drug-likeness (QED) is 0.904. The van der Waals surface area contributed by atoms with Crippen molar-refractivity contribution in [3.8, 4) is 0 Å². The molecule has 0 radical (unpaired) electrons. The summed E-state index contributed by atoms with van der Waals surface area (Å²) in [7, 11) is 0. The fraction of sp³-hybridized carbons (Fsp3) is 0.643. The van der Waals surface area contributed by atoms with Gasteiger partial charge < -0.3 is 10.2 Å². The van der Waals surface area contributed by atoms with E-state index in [2.05, 4.69) is 31.1 Å². The van der Waals surface area contributed by atoms with Gasteiger partial charge in [-0.3, -0.25) is 0 Å². The molecule has 3 heterocycles. The highest BCUT2D eigenvalue weighted by Crippen LogP contribution is 2.30. The number of hydrogen-bond acceptors (Lipinski definition) is 3. The van der Waals surface area contributed by atoms with E-state index in [-0.39, 0.29) is 5.82 Å². The average Bonchev–Trinajstić information content (AvgIpc) is 2.93. The molecule has 2 aliphatic rings. The van der Waals surface area contributed by atoms with Crippen molar-refractivity contribution < 1.29 is 4.39 Å². The molecule has 3 rings (SSSR count). The van der Waals surface area contributed by atoms with E-state index >= 15 is 0 Å². The third kappa shape index (κ3) is 2.77. The lowest BCUT2D eigenvalue weighted by Gasteiger charge is -2.40. The van der Waals surface area contributed by atoms with Gasteiger partial charge >= 0.3 is 0 Å². The Kier molecular flexibility index (Phi) is 4.03. The molecule has 2 fully saturated rings. The van der Waals surface area contributed by atoms with Gasteiger partial charge in [0, 0.05) is 29.3 Å². The topological polar surface area (TPSA) is 28.2 Å². The number of halogens is 2. The highest BCUT2D eigenvalue weighted by Gasteiger charge is 2.33. The van der Waals surface area contributed by atoms with Crippen LogP contribution < -0.4 is 10.2 Å². The summed E-state index contributed by atoms with van der Waals surface area (Å²) in [5.41, 5.74) is 0. The van der Waals surface area contributed by atoms with Gasteiger partial charge in [0.25, 0.3) is 0 Å². The van der Waals surface area contributed by atoms with Gasteiger partial charge in [0.15, 0.2) is 11.6 Å². The van der Waals surface area contributed by atoms with Crippen LogP contribution in [0.4, 0.5) is 10.2 Å². The van der Waals surface area contributed by atoms with Crippen LogP contribution in [0.3, 0.4) is 0 Å². The molecule has 5 heteroatoms. The Bertz CT molecular complexity index is 448. The van der Waals surface area contributed by atoms with Crippen LogP contribution in [0.5, 0.6) is 0 Å². The number of nitrogens with zero attached hydrogens (tertiary/aromatic N) is 2. The molecular weight excluding hydrogens is 309 g/mol. The molecule has 2 unspecified atom stereocenters. The Morgan fingerprint density at radius 3 is 2.95 bits per heavy atom. The summed E-state index contributed by atoms with van der Waals surface area (Å²) in [5.74, 6) is 0.292. The van der Waals surface area contributed by atoms with Crippen LogP contribution in [-0.2, 0) is 0 Å². The van der Waals surface area contributed by atoms with Crippen molar-refractivity contribution in [3.63, 3.8) is 0 Å². The summed E-state index contributed by atoms with van der Waals surface area (Å²) >= 11 is 3.27. The van der Waals surface area contributed by atoms with Gasteiger partial charge in [-0.2, -0.15) is 0 Å². The SMILES string of the molecule is Fc1cc(Br)cnc1N1CCCCC1C1CCCN1. The first kappa shape index (κ1) is 13.3. The van der Waals surface area contributed by atoms with Crippen molar-refractivity contribution >= 4 is 21.7 Å². The van der Waals surface area contributed by atoms with Gasteiger partial charge in [0.05, 0.1) is 0 Å². The lowest BCUT2D eigenvalue weighted by Crippen LogP contribution is -2.51. The van der Waals surface area contributed by atoms with E-state index in [0.29, 0.717) is 22.4 Å². The molecule has 2 saturated heterocycles. The van der Waals surface area contributed by atoms with Gasteiger partial charge in [-0.25, -0.2) is 9.37 Å². The second kappa shape index (κ2) is 5.75. The summed E-state index contributed by atoms with van der Waals surface area (Å²) in [6, 6.07) is 2.39. The van der Waals surface area contributed by atoms with Crippen LogP contribution >= 0.6 is 15.9 Å². The van der Waals surface area contributed by atoms with Crippen LogP contribution in [0.2, 0.25) is 0 Å². The first-order chi connectivity index (χ1) is 9.25. The Balaban J connectivity index is 1.86. The maximum atomic E-state index is 14.1. The molecule has 104 valence electrons. The lowest BCUT2D eigenvalue weighted by molar-refractivity contribution is 0.372. The summed E-state index contributed by atoms with van der Waals surface area (Å²) in [6.07, 6.45) is 7.60. The van der Waals surface area contributed by atoms with Crippen LogP contribution in [0.25, 0.3) is 0 Å². The molecule has 1 aromatic rings. The number of anilines is 1. The summed E-state index contributed by atoms with van der Waals surface area (Å²) in [6.45, 7) is 2.00. The molecule has 0 spiro atoms. The summed E-state index contributed by atoms with van der Waals surface area (Å²) in [4.78, 5) is 6.47. The Hall–Kier alpha value is -0.680. The summed E-state index contributed by atoms with van der Waals surface area (Å²) in [5, 5.41) is 3.56. The maximum Gasteiger partial charge on any atom is 0.166 e. The van der Waals surface area contributed by atoms with E-state index in [1.54, 1.807) is 6.20 Å². The zero-order valence-electron chi connectivity index (χ0n) is 10.9. The number of hydrogen-bond donors (Lipinski definition) is 1. The van der Waals surface area contributed by atoms with Gasteiger partial charge in [0.1, 0.15) is 0 Å². The van der Waals surface area contributed by atoms with E-state index in [9.17, 15) is 4.39 Å². The molecule has 2 aliphatic heterocycles. The number of pyridine rings is 1. The van der Waals surface area contributed by atoms with Gasteiger partial charge in [-0.1, -0.05) is 0 Å². The molecule has 0 bridgehead atoms. The van der Waals surface area contributed by atoms with E-state index in [1.807, 2.05) is 0 Å². The van der Waals surface area contributed by atoms with Crippen molar-refractivity contribution in [2.45, 2.75) is 44.2 Å². The predicted molar refractivity (Wildman–Crippen MR) is 77.9 cm³/mol. The Morgan fingerprint density at radius 1 is 1.32 bits per heavy atom. The molecule has 2 atom stereocenters. The van der Waals surface area contributed by atoms with E-state index in [4.69, 9.17) is 0 Å². The molecule has 1 aromatic heterocycles. The van der Waals surface area contributed by atoms with Crippen LogP contribution in [0.15, 0.2) is 16.7 Å². The maximum absolute atomic E-state index is 14.1. The van der Waals surface area contributed by atoms with Crippen molar-refractivity contribution in [3.05, 3.63) is 22.6 Å². The standard InChI is InChI=1S/C14H19BrFN3/c15-10-8-11(16)14(18-9-10)19-7-2-1-5-13(19)12-4-3-6-17-12/h8-9,12-13,17H,1-7H2. The first-order valence-corrected chi connectivity index (χ1v) is 7.86. The van der Waals surface area contributed by atoms with Crippen LogP contribution in [-0.4, -0.2) is 30.2 Å². The minimum atomic E-state index is -0.223. The van der Waals surface area contributed by atoms with E-state index in [0.717, 1.165) is 25.9 Å². The minimum absolute atomic E-state index is 0.223. The molecule has 19 heavy (non-hydrogen) atoms. The monoisotopic (exact) mass is 327 g/mol. The first-order valence-electron chi connectivity index (χ1n) is 7.07. The van der Waals surface area contributed by atoms with E-state index in [1.165, 1.54) is 25.3 Å². The Morgan fingerprint density at radius 2 is 2.21 bits per heavy atom. The molecule has 1 N–H and O–H groups in total. The highest BCUT2D eigenvalue weighted by molar-refractivity contribution is 9.10. The molecular formula is C14H19BrFN3. The van der Waals surface area contributed by atoms with Crippen molar-refractivity contribution in [2.75, 3.05) is 18.0 Å². The number of rotatable bonds is 2. The van der Waals surface area contributed by atoms with Crippen LogP contribution in [0, 0.1) is 5.82 Å².